The minimum absolute atomic E-state index is 0. The van der Waals surface area contributed by atoms with Gasteiger partial charge in [0.15, 0.2) is 17.5 Å². The average Bonchev–Trinajstić information content (AvgIpc) is 2.93. The first-order chi connectivity index (χ1) is 13.7. The monoisotopic (exact) mass is 511 g/mol. The Morgan fingerprint density at radius 2 is 1.90 bits per heavy atom. The summed E-state index contributed by atoms with van der Waals surface area (Å²) in [6.07, 6.45) is 1.70. The van der Waals surface area contributed by atoms with E-state index >= 15 is 0 Å². The van der Waals surface area contributed by atoms with Gasteiger partial charge in [0.05, 0.1) is 20.3 Å². The molecule has 6 nitrogen and oxygen atoms in total. The normalized spacial score (nSPS) is 13.1. The van der Waals surface area contributed by atoms with Crippen LogP contribution in [0.3, 0.4) is 0 Å². The van der Waals surface area contributed by atoms with Crippen LogP contribution in [-0.2, 0) is 6.42 Å². The summed E-state index contributed by atoms with van der Waals surface area (Å²) in [5, 5.41) is 6.63. The molecule has 0 unspecified atom stereocenters. The van der Waals surface area contributed by atoms with Crippen molar-refractivity contribution in [2.75, 3.05) is 38.7 Å². The first-order valence-electron chi connectivity index (χ1n) is 9.78. The van der Waals surface area contributed by atoms with Crippen molar-refractivity contribution in [3.63, 3.8) is 0 Å². The molecule has 2 aromatic rings. The fraction of sp³-hybridized carbons (Fsp3) is 0.409. The number of nitrogens with one attached hydrogen (secondary N) is 2. The number of aryl methyl sites for hydroxylation is 1. The molecule has 0 radical (unpaired) electrons. The summed E-state index contributed by atoms with van der Waals surface area (Å²) in [4.78, 5) is 4.71. The van der Waals surface area contributed by atoms with Crippen LogP contribution in [0.4, 0.5) is 5.69 Å². The van der Waals surface area contributed by atoms with Crippen LogP contribution in [0.25, 0.3) is 0 Å². The lowest BCUT2D eigenvalue weighted by Gasteiger charge is -2.14. The highest BCUT2D eigenvalue weighted by Crippen LogP contribution is 2.32. The summed E-state index contributed by atoms with van der Waals surface area (Å²) in [5.41, 5.74) is 3.30. The lowest BCUT2D eigenvalue weighted by atomic mass is 10.1. The lowest BCUT2D eigenvalue weighted by molar-refractivity contribution is 0.297. The second-order valence-electron chi connectivity index (χ2n) is 6.66. The third-order valence-electron chi connectivity index (χ3n) is 4.44. The molecule has 1 aliphatic rings. The van der Waals surface area contributed by atoms with Crippen molar-refractivity contribution in [2.24, 2.45) is 4.99 Å². The van der Waals surface area contributed by atoms with Gasteiger partial charge in [0.1, 0.15) is 5.75 Å². The maximum atomic E-state index is 5.77. The van der Waals surface area contributed by atoms with E-state index in [1.807, 2.05) is 24.3 Å². The largest absolute Gasteiger partial charge is 0.496 e. The molecule has 0 bridgehead atoms. The molecule has 0 saturated heterocycles. The number of rotatable bonds is 6. The molecule has 3 rings (SSSR count). The predicted octanol–water partition coefficient (Wildman–Crippen LogP) is 4.40. The minimum atomic E-state index is 0. The molecule has 1 heterocycles. The quantitative estimate of drug-likeness (QED) is 0.342. The Morgan fingerprint density at radius 1 is 1.10 bits per heavy atom. The molecule has 2 aromatic carbocycles. The number of anilines is 1. The van der Waals surface area contributed by atoms with Crippen molar-refractivity contribution in [2.45, 2.75) is 26.7 Å². The van der Waals surface area contributed by atoms with E-state index in [9.17, 15) is 0 Å². The van der Waals surface area contributed by atoms with Crippen LogP contribution in [0.15, 0.2) is 41.4 Å². The second kappa shape index (κ2) is 11.7. The fourth-order valence-corrected chi connectivity index (χ4v) is 3.08. The molecule has 0 aromatic heterocycles. The van der Waals surface area contributed by atoms with Gasteiger partial charge in [-0.1, -0.05) is 17.7 Å². The van der Waals surface area contributed by atoms with Gasteiger partial charge in [0.25, 0.3) is 0 Å². The smallest absolute Gasteiger partial charge is 0.195 e. The number of ether oxygens (including phenoxy) is 3. The SMILES string of the molecule is CCNC(=NCCc1cc(C)ccc1OC)Nc1ccc2c(c1)OCCCO2.I. The second-order valence-corrected chi connectivity index (χ2v) is 6.66. The van der Waals surface area contributed by atoms with E-state index in [2.05, 4.69) is 36.6 Å². The lowest BCUT2D eigenvalue weighted by Crippen LogP contribution is -2.30. The number of benzene rings is 2. The van der Waals surface area contributed by atoms with Crippen LogP contribution in [0.1, 0.15) is 24.5 Å². The van der Waals surface area contributed by atoms with Crippen molar-refractivity contribution < 1.29 is 14.2 Å². The van der Waals surface area contributed by atoms with Crippen LogP contribution >= 0.6 is 24.0 Å². The number of halogens is 1. The molecule has 0 fully saturated rings. The summed E-state index contributed by atoms with van der Waals surface area (Å²) in [6.45, 7) is 6.93. The Labute approximate surface area is 190 Å². The molecule has 0 amide bonds. The molecular weight excluding hydrogens is 481 g/mol. The van der Waals surface area contributed by atoms with Crippen LogP contribution in [0.2, 0.25) is 0 Å². The van der Waals surface area contributed by atoms with E-state index in [0.717, 1.165) is 53.8 Å². The summed E-state index contributed by atoms with van der Waals surface area (Å²) in [5.74, 6) is 3.20. The first kappa shape index (κ1) is 23.1. The van der Waals surface area contributed by atoms with Crippen LogP contribution in [0, 0.1) is 6.92 Å². The van der Waals surface area contributed by atoms with Crippen molar-refractivity contribution in [3.05, 3.63) is 47.5 Å². The van der Waals surface area contributed by atoms with Crippen LogP contribution in [0.5, 0.6) is 17.2 Å². The summed E-state index contributed by atoms with van der Waals surface area (Å²) >= 11 is 0. The zero-order valence-electron chi connectivity index (χ0n) is 17.3. The van der Waals surface area contributed by atoms with Gasteiger partial charge in [-0.3, -0.25) is 4.99 Å². The summed E-state index contributed by atoms with van der Waals surface area (Å²) in [7, 11) is 1.70. The van der Waals surface area contributed by atoms with Gasteiger partial charge in [0, 0.05) is 31.3 Å². The Morgan fingerprint density at radius 3 is 2.66 bits per heavy atom. The maximum Gasteiger partial charge on any atom is 0.195 e. The third kappa shape index (κ3) is 6.69. The predicted molar refractivity (Wildman–Crippen MR) is 129 cm³/mol. The van der Waals surface area contributed by atoms with Gasteiger partial charge in [0.2, 0.25) is 0 Å². The van der Waals surface area contributed by atoms with Crippen molar-refractivity contribution in [1.82, 2.24) is 5.32 Å². The zero-order chi connectivity index (χ0) is 19.8. The highest BCUT2D eigenvalue weighted by atomic mass is 127. The Hall–Kier alpha value is -2.16. The highest BCUT2D eigenvalue weighted by molar-refractivity contribution is 14.0. The standard InChI is InChI=1S/C22H29N3O3.HI/c1-4-23-22(24-11-10-17-14-16(2)6-8-19(17)26-3)25-18-7-9-20-21(15-18)28-13-5-12-27-20;/h6-9,14-15H,4-5,10-13H2,1-3H3,(H2,23,24,25);1H. The van der Waals surface area contributed by atoms with Gasteiger partial charge in [-0.25, -0.2) is 0 Å². The third-order valence-corrected chi connectivity index (χ3v) is 4.44. The Kier molecular flexibility index (Phi) is 9.37. The average molecular weight is 511 g/mol. The van der Waals surface area contributed by atoms with Gasteiger partial charge >= 0.3 is 0 Å². The number of aliphatic imine (C=N–C) groups is 1. The molecule has 0 atom stereocenters. The van der Waals surface area contributed by atoms with Crippen molar-refractivity contribution in [3.8, 4) is 17.2 Å². The Balaban J connectivity index is 0.00000300. The molecule has 2 N–H and O–H groups in total. The molecule has 0 aliphatic carbocycles. The van der Waals surface area contributed by atoms with E-state index < -0.39 is 0 Å². The molecule has 0 saturated carbocycles. The van der Waals surface area contributed by atoms with E-state index in [4.69, 9.17) is 19.2 Å². The summed E-state index contributed by atoms with van der Waals surface area (Å²) < 4.78 is 16.9. The van der Waals surface area contributed by atoms with E-state index in [1.165, 1.54) is 5.56 Å². The van der Waals surface area contributed by atoms with Crippen molar-refractivity contribution in [1.29, 1.82) is 0 Å². The van der Waals surface area contributed by atoms with Gasteiger partial charge in [-0.15, -0.1) is 24.0 Å². The number of methoxy groups -OCH3 is 1. The van der Waals surface area contributed by atoms with E-state index in [-0.39, 0.29) is 24.0 Å². The molecule has 7 heteroatoms. The molecule has 1 aliphatic heterocycles. The van der Waals surface area contributed by atoms with Gasteiger partial charge in [-0.2, -0.15) is 0 Å². The van der Waals surface area contributed by atoms with Crippen LogP contribution in [-0.4, -0.2) is 39.4 Å². The number of hydrogen-bond donors (Lipinski definition) is 2. The summed E-state index contributed by atoms with van der Waals surface area (Å²) in [6, 6.07) is 12.1. The number of guanidine groups is 1. The molecular formula is C22H30IN3O3. The topological polar surface area (TPSA) is 64.1 Å². The fourth-order valence-electron chi connectivity index (χ4n) is 3.08. The first-order valence-corrected chi connectivity index (χ1v) is 9.78. The van der Waals surface area contributed by atoms with Crippen LogP contribution < -0.4 is 24.8 Å². The van der Waals surface area contributed by atoms with E-state index in [0.29, 0.717) is 19.8 Å². The highest BCUT2D eigenvalue weighted by Gasteiger charge is 2.11. The Bertz CT molecular complexity index is 827. The molecule has 29 heavy (non-hydrogen) atoms. The van der Waals surface area contributed by atoms with Gasteiger partial charge in [-0.05, 0) is 44.0 Å². The zero-order valence-corrected chi connectivity index (χ0v) is 19.6. The number of fused-ring (bicyclic) bond motifs is 1. The van der Waals surface area contributed by atoms with E-state index in [1.54, 1.807) is 7.11 Å². The minimum Gasteiger partial charge on any atom is -0.496 e. The van der Waals surface area contributed by atoms with Crippen molar-refractivity contribution >= 4 is 35.6 Å². The molecule has 0 spiro atoms. The molecule has 158 valence electrons. The maximum absolute atomic E-state index is 5.77. The number of nitrogens with zero attached hydrogens (tertiary/aromatic N) is 1. The van der Waals surface area contributed by atoms with Gasteiger partial charge < -0.3 is 24.8 Å². The number of hydrogen-bond acceptors (Lipinski definition) is 4.